The van der Waals surface area contributed by atoms with Crippen molar-refractivity contribution in [2.24, 2.45) is 0 Å². The van der Waals surface area contributed by atoms with Crippen molar-refractivity contribution in [2.45, 2.75) is 76.1 Å². The van der Waals surface area contributed by atoms with Gasteiger partial charge in [0, 0.05) is 0 Å². The summed E-state index contributed by atoms with van der Waals surface area (Å²) in [5, 5.41) is 12.5. The summed E-state index contributed by atoms with van der Waals surface area (Å²) in [6.07, 6.45) is -2.43. The molecule has 2 aliphatic heterocycles. The third kappa shape index (κ3) is 4.69. The average molecular weight is 429 g/mol. The number of hydrogen-bond acceptors (Lipinski definition) is 5. The van der Waals surface area contributed by atoms with Crippen LogP contribution in [0.25, 0.3) is 0 Å². The highest BCUT2D eigenvalue weighted by atomic mass is 28.3. The van der Waals surface area contributed by atoms with E-state index >= 15 is 0 Å². The van der Waals surface area contributed by atoms with E-state index in [9.17, 15) is 5.11 Å². The van der Waals surface area contributed by atoms with Crippen molar-refractivity contribution >= 4 is 13.3 Å². The van der Waals surface area contributed by atoms with Crippen LogP contribution in [-0.2, 0) is 25.6 Å². The first-order valence-corrected chi connectivity index (χ1v) is 13.9. The van der Waals surface area contributed by atoms with Gasteiger partial charge >= 0.3 is 0 Å². The molecule has 2 fully saturated rings. The van der Waals surface area contributed by atoms with Crippen LogP contribution in [0.5, 0.6) is 0 Å². The minimum Gasteiger partial charge on any atom is -0.391 e. The van der Waals surface area contributed by atoms with Gasteiger partial charge in [-0.3, -0.25) is 0 Å². The van der Waals surface area contributed by atoms with E-state index < -0.39 is 38.5 Å². The van der Waals surface area contributed by atoms with Gasteiger partial charge in [0.2, 0.25) is 0 Å². The van der Waals surface area contributed by atoms with E-state index in [2.05, 4.69) is 37.4 Å². The third-order valence-electron chi connectivity index (χ3n) is 5.97. The van der Waals surface area contributed by atoms with Gasteiger partial charge in [0.25, 0.3) is 0 Å². The largest absolute Gasteiger partial charge is 0.391 e. The van der Waals surface area contributed by atoms with Crippen molar-refractivity contribution in [3.63, 3.8) is 0 Å². The molecule has 0 spiro atoms. The average Bonchev–Trinajstić information content (AvgIpc) is 3.19. The normalized spacial score (nSPS) is 29.0. The van der Waals surface area contributed by atoms with E-state index in [1.165, 1.54) is 5.19 Å². The van der Waals surface area contributed by atoms with Crippen LogP contribution in [-0.4, -0.2) is 49.7 Å². The number of hydrogen-bond donors (Lipinski definition) is 1. The van der Waals surface area contributed by atoms with E-state index in [1.54, 1.807) is 0 Å². The fraction of sp³-hybridized carbons (Fsp3) is 0.500. The van der Waals surface area contributed by atoms with Gasteiger partial charge in [-0.2, -0.15) is 0 Å². The molecule has 0 aliphatic carbocycles. The maximum atomic E-state index is 11.2. The number of aliphatic hydroxyl groups excluding tert-OH is 1. The van der Waals surface area contributed by atoms with E-state index in [-0.39, 0.29) is 6.10 Å². The van der Waals surface area contributed by atoms with Crippen LogP contribution in [0.3, 0.4) is 0 Å². The molecule has 4 rings (SSSR count). The number of benzene rings is 2. The fourth-order valence-electron chi connectivity index (χ4n) is 4.42. The second kappa shape index (κ2) is 8.53. The van der Waals surface area contributed by atoms with Gasteiger partial charge in [0.05, 0.1) is 20.8 Å². The standard InChI is InChI=1S/C24H32O5Si/c1-24(2)28-22-21(26-15-17-11-7-5-8-12-17)20(27-23(22)29-24)19(25)16-30(3,4)18-13-9-6-10-14-18/h5-14,19-23,25H,15-16H2,1-4H3/t19-,20-,21+,22-,23-/m1/s1. The zero-order chi connectivity index (χ0) is 21.4. The first-order valence-electron chi connectivity index (χ1n) is 10.7. The Labute approximate surface area is 179 Å². The first-order chi connectivity index (χ1) is 14.3. The number of aliphatic hydroxyl groups is 1. The smallest absolute Gasteiger partial charge is 0.190 e. The number of rotatable bonds is 7. The van der Waals surface area contributed by atoms with Gasteiger partial charge in [-0.25, -0.2) is 0 Å². The molecule has 0 bridgehead atoms. The minimum absolute atomic E-state index is 0.357. The molecular weight excluding hydrogens is 396 g/mol. The molecule has 2 aromatic carbocycles. The summed E-state index contributed by atoms with van der Waals surface area (Å²) in [4.78, 5) is 0. The monoisotopic (exact) mass is 428 g/mol. The highest BCUT2D eigenvalue weighted by Gasteiger charge is 2.57. The van der Waals surface area contributed by atoms with Crippen molar-refractivity contribution in [3.05, 3.63) is 66.2 Å². The second-order valence-corrected chi connectivity index (χ2v) is 14.1. The van der Waals surface area contributed by atoms with Gasteiger partial charge < -0.3 is 24.1 Å². The molecule has 6 heteroatoms. The van der Waals surface area contributed by atoms with Crippen LogP contribution < -0.4 is 5.19 Å². The Morgan fingerprint density at radius 1 is 1.00 bits per heavy atom. The quantitative estimate of drug-likeness (QED) is 0.685. The molecule has 0 radical (unpaired) electrons. The number of ether oxygens (including phenoxy) is 4. The molecule has 2 aliphatic rings. The summed E-state index contributed by atoms with van der Waals surface area (Å²) in [5.74, 6) is -0.725. The molecule has 2 heterocycles. The summed E-state index contributed by atoms with van der Waals surface area (Å²) >= 11 is 0. The highest BCUT2D eigenvalue weighted by Crippen LogP contribution is 2.40. The number of fused-ring (bicyclic) bond motifs is 1. The van der Waals surface area contributed by atoms with Gasteiger partial charge in [0.15, 0.2) is 12.1 Å². The van der Waals surface area contributed by atoms with Gasteiger partial charge in [-0.15, -0.1) is 0 Å². The first kappa shape index (κ1) is 21.7. The summed E-state index contributed by atoms with van der Waals surface area (Å²) in [5.41, 5.74) is 1.08. The molecule has 5 atom stereocenters. The predicted molar refractivity (Wildman–Crippen MR) is 118 cm³/mol. The lowest BCUT2D eigenvalue weighted by Crippen LogP contribution is -2.49. The van der Waals surface area contributed by atoms with Crippen molar-refractivity contribution < 1.29 is 24.1 Å². The van der Waals surface area contributed by atoms with Crippen LogP contribution in [0.1, 0.15) is 19.4 Å². The Kier molecular flexibility index (Phi) is 6.17. The van der Waals surface area contributed by atoms with Crippen molar-refractivity contribution in [1.29, 1.82) is 0 Å². The maximum Gasteiger partial charge on any atom is 0.190 e. The lowest BCUT2D eigenvalue weighted by Gasteiger charge is -2.32. The Hall–Kier alpha value is -1.54. The van der Waals surface area contributed by atoms with Gasteiger partial charge in [0.1, 0.15) is 18.3 Å². The molecule has 0 aromatic heterocycles. The predicted octanol–water partition coefficient (Wildman–Crippen LogP) is 3.42. The molecule has 30 heavy (non-hydrogen) atoms. The third-order valence-corrected chi connectivity index (χ3v) is 9.30. The van der Waals surface area contributed by atoms with Gasteiger partial charge in [-0.1, -0.05) is 78.9 Å². The topological polar surface area (TPSA) is 57.2 Å². The Bertz CT molecular complexity index is 826. The van der Waals surface area contributed by atoms with Crippen LogP contribution in [0.15, 0.2) is 60.7 Å². The second-order valence-electron chi connectivity index (χ2n) is 9.35. The molecule has 0 unspecified atom stereocenters. The minimum atomic E-state index is -1.86. The van der Waals surface area contributed by atoms with Crippen molar-refractivity contribution in [2.75, 3.05) is 0 Å². The lowest BCUT2D eigenvalue weighted by molar-refractivity contribution is -0.229. The zero-order valence-corrected chi connectivity index (χ0v) is 19.2. The lowest BCUT2D eigenvalue weighted by atomic mass is 10.1. The van der Waals surface area contributed by atoms with E-state index in [4.69, 9.17) is 18.9 Å². The zero-order valence-electron chi connectivity index (χ0n) is 18.2. The highest BCUT2D eigenvalue weighted by molar-refractivity contribution is 6.89. The van der Waals surface area contributed by atoms with Crippen molar-refractivity contribution in [1.82, 2.24) is 0 Å². The van der Waals surface area contributed by atoms with Crippen molar-refractivity contribution in [3.8, 4) is 0 Å². The molecule has 1 N–H and O–H groups in total. The molecule has 5 nitrogen and oxygen atoms in total. The van der Waals surface area contributed by atoms with E-state index in [0.717, 1.165) is 5.56 Å². The molecule has 0 saturated carbocycles. The molecular formula is C24H32O5Si. The van der Waals surface area contributed by atoms with E-state index in [1.807, 2.05) is 50.2 Å². The van der Waals surface area contributed by atoms with Gasteiger partial charge in [-0.05, 0) is 25.5 Å². The van der Waals surface area contributed by atoms with E-state index in [0.29, 0.717) is 12.7 Å². The fourth-order valence-corrected chi connectivity index (χ4v) is 7.02. The Morgan fingerprint density at radius 3 is 2.30 bits per heavy atom. The Morgan fingerprint density at radius 2 is 1.63 bits per heavy atom. The summed E-state index contributed by atoms with van der Waals surface area (Å²) < 4.78 is 24.5. The van der Waals surface area contributed by atoms with Crippen LogP contribution in [0.4, 0.5) is 0 Å². The molecule has 2 saturated heterocycles. The van der Waals surface area contributed by atoms with Crippen LogP contribution in [0, 0.1) is 0 Å². The molecule has 0 amide bonds. The summed E-state index contributed by atoms with van der Waals surface area (Å²) in [6, 6.07) is 21.1. The molecule has 162 valence electrons. The maximum absolute atomic E-state index is 11.2. The van der Waals surface area contributed by atoms with Crippen LogP contribution >= 0.6 is 0 Å². The Balaban J connectivity index is 1.50. The molecule has 2 aromatic rings. The summed E-state index contributed by atoms with van der Waals surface area (Å²) in [7, 11) is -1.86. The SMILES string of the molecule is CC1(C)O[C@H]2O[C@H]([C@H](O)C[Si](C)(C)c3ccccc3)[C@H](OCc3ccccc3)[C@H]2O1. The summed E-state index contributed by atoms with van der Waals surface area (Å²) in [6.45, 7) is 8.73. The van der Waals surface area contributed by atoms with Crippen LogP contribution in [0.2, 0.25) is 19.1 Å².